The van der Waals surface area contributed by atoms with Crippen molar-refractivity contribution in [3.8, 4) is 22.3 Å². The molecule has 0 amide bonds. The summed E-state index contributed by atoms with van der Waals surface area (Å²) in [5, 5.41) is 2.64. The number of hydrogen-bond donors (Lipinski definition) is 0. The molecule has 1 aliphatic rings. The predicted molar refractivity (Wildman–Crippen MR) is 123 cm³/mol. The molecule has 0 aliphatic heterocycles. The number of aryl methyl sites for hydroxylation is 1. The number of hydrogen-bond acceptors (Lipinski definition) is 0. The fourth-order valence-electron chi connectivity index (χ4n) is 5.34. The van der Waals surface area contributed by atoms with Gasteiger partial charge in [-0.25, -0.2) is 0 Å². The average Bonchev–Trinajstić information content (AvgIpc) is 3.18. The van der Waals surface area contributed by atoms with E-state index in [1.54, 1.807) is 0 Å². The monoisotopic (exact) mass is 373 g/mol. The maximum Gasteiger partial charge on any atom is 0.0568 e. The number of fused-ring (bicyclic) bond motifs is 6. The third-order valence-corrected chi connectivity index (χ3v) is 6.82. The Balaban J connectivity index is 1.64. The molecule has 0 fully saturated rings. The highest BCUT2D eigenvalue weighted by Gasteiger charge is 2.35. The molecule has 0 bridgehead atoms. The summed E-state index contributed by atoms with van der Waals surface area (Å²) in [6.07, 6.45) is 0. The summed E-state index contributed by atoms with van der Waals surface area (Å²) >= 11 is 0. The van der Waals surface area contributed by atoms with E-state index in [-0.39, 0.29) is 5.41 Å². The molecule has 140 valence electrons. The summed E-state index contributed by atoms with van der Waals surface area (Å²) in [5.74, 6) is 0. The molecular formula is C28H23N. The maximum atomic E-state index is 2.42. The molecule has 0 spiro atoms. The lowest BCUT2D eigenvalue weighted by Gasteiger charge is -2.22. The minimum absolute atomic E-state index is 0.0226. The van der Waals surface area contributed by atoms with E-state index in [2.05, 4.69) is 110 Å². The van der Waals surface area contributed by atoms with Gasteiger partial charge in [-0.1, -0.05) is 86.6 Å². The smallest absolute Gasteiger partial charge is 0.0568 e. The molecule has 29 heavy (non-hydrogen) atoms. The molecule has 0 radical (unpaired) electrons. The first kappa shape index (κ1) is 16.6. The molecule has 0 saturated heterocycles. The van der Waals surface area contributed by atoms with E-state index >= 15 is 0 Å². The predicted octanol–water partition coefficient (Wildman–Crippen LogP) is 7.30. The number of aromatic nitrogens is 1. The average molecular weight is 373 g/mol. The van der Waals surface area contributed by atoms with Crippen LogP contribution >= 0.6 is 0 Å². The highest BCUT2D eigenvalue weighted by atomic mass is 14.9. The molecule has 4 aromatic carbocycles. The molecule has 0 unspecified atom stereocenters. The molecule has 0 atom stereocenters. The summed E-state index contributed by atoms with van der Waals surface area (Å²) in [6, 6.07) is 31.3. The van der Waals surface area contributed by atoms with Crippen LogP contribution in [0.1, 0.15) is 25.0 Å². The molecule has 0 N–H and O–H groups in total. The quantitative estimate of drug-likeness (QED) is 0.290. The van der Waals surface area contributed by atoms with E-state index < -0.39 is 0 Å². The van der Waals surface area contributed by atoms with Gasteiger partial charge in [0.05, 0.1) is 5.52 Å². The van der Waals surface area contributed by atoms with Crippen molar-refractivity contribution in [2.45, 2.75) is 19.3 Å². The standard InChI is InChI=1S/C28H23N/c1-28(2)24-13-6-4-9-20(24)21-16-15-18(17-25(21)28)19-11-8-12-23-22-10-5-7-14-26(22)29(3)27(19)23/h4-17H,1-3H3. The van der Waals surface area contributed by atoms with Crippen LogP contribution in [0.2, 0.25) is 0 Å². The third kappa shape index (κ3) is 2.10. The zero-order chi connectivity index (χ0) is 19.8. The molecule has 1 nitrogen and oxygen atoms in total. The number of benzene rings is 4. The van der Waals surface area contributed by atoms with Crippen LogP contribution in [0.4, 0.5) is 0 Å². The Morgan fingerprint density at radius 2 is 1.31 bits per heavy atom. The van der Waals surface area contributed by atoms with E-state index in [1.807, 2.05) is 0 Å². The molecule has 6 rings (SSSR count). The zero-order valence-electron chi connectivity index (χ0n) is 17.0. The van der Waals surface area contributed by atoms with Crippen LogP contribution in [0.3, 0.4) is 0 Å². The van der Waals surface area contributed by atoms with Crippen LogP contribution in [-0.2, 0) is 12.5 Å². The van der Waals surface area contributed by atoms with Gasteiger partial charge in [-0.05, 0) is 39.9 Å². The second kappa shape index (κ2) is 5.61. The first-order valence-corrected chi connectivity index (χ1v) is 10.3. The highest BCUT2D eigenvalue weighted by molar-refractivity contribution is 6.12. The Labute approximate surface area is 171 Å². The van der Waals surface area contributed by atoms with Crippen LogP contribution in [0.5, 0.6) is 0 Å². The fourth-order valence-corrected chi connectivity index (χ4v) is 5.34. The summed E-state index contributed by atoms with van der Waals surface area (Å²) in [5.41, 5.74) is 10.8. The van der Waals surface area contributed by atoms with Crippen molar-refractivity contribution in [2.24, 2.45) is 7.05 Å². The molecule has 1 heteroatoms. The Kier molecular flexibility index (Phi) is 3.21. The van der Waals surface area contributed by atoms with Gasteiger partial charge in [0.2, 0.25) is 0 Å². The van der Waals surface area contributed by atoms with Crippen molar-refractivity contribution in [2.75, 3.05) is 0 Å². The second-order valence-electron chi connectivity index (χ2n) is 8.71. The van der Waals surface area contributed by atoms with Crippen LogP contribution in [-0.4, -0.2) is 4.57 Å². The van der Waals surface area contributed by atoms with E-state index in [0.29, 0.717) is 0 Å². The summed E-state index contributed by atoms with van der Waals surface area (Å²) in [7, 11) is 2.18. The van der Waals surface area contributed by atoms with Crippen LogP contribution in [0, 0.1) is 0 Å². The Bertz CT molecular complexity index is 1430. The van der Waals surface area contributed by atoms with E-state index in [9.17, 15) is 0 Å². The van der Waals surface area contributed by atoms with Crippen LogP contribution in [0.25, 0.3) is 44.1 Å². The fraction of sp³-hybridized carbons (Fsp3) is 0.143. The van der Waals surface area contributed by atoms with Crippen molar-refractivity contribution >= 4 is 21.8 Å². The normalized spacial score (nSPS) is 14.3. The van der Waals surface area contributed by atoms with Gasteiger partial charge in [-0.2, -0.15) is 0 Å². The number of nitrogens with zero attached hydrogens (tertiary/aromatic N) is 1. The van der Waals surface area contributed by atoms with Gasteiger partial charge >= 0.3 is 0 Å². The second-order valence-corrected chi connectivity index (χ2v) is 8.71. The largest absolute Gasteiger partial charge is 0.343 e. The van der Waals surface area contributed by atoms with Gasteiger partial charge in [-0.3, -0.25) is 0 Å². The van der Waals surface area contributed by atoms with Gasteiger partial charge in [0.1, 0.15) is 0 Å². The Hall–Kier alpha value is -3.32. The highest BCUT2D eigenvalue weighted by Crippen LogP contribution is 2.49. The first-order chi connectivity index (χ1) is 14.1. The van der Waals surface area contributed by atoms with Crippen LogP contribution < -0.4 is 0 Å². The molecule has 1 heterocycles. The van der Waals surface area contributed by atoms with Gasteiger partial charge in [-0.15, -0.1) is 0 Å². The van der Waals surface area contributed by atoms with Gasteiger partial charge in [0.15, 0.2) is 0 Å². The molecule has 5 aromatic rings. The summed E-state index contributed by atoms with van der Waals surface area (Å²) < 4.78 is 2.34. The van der Waals surface area contributed by atoms with Crippen molar-refractivity contribution in [1.29, 1.82) is 0 Å². The van der Waals surface area contributed by atoms with Crippen molar-refractivity contribution in [3.63, 3.8) is 0 Å². The Morgan fingerprint density at radius 3 is 2.21 bits per heavy atom. The molecular weight excluding hydrogens is 350 g/mol. The van der Waals surface area contributed by atoms with E-state index in [4.69, 9.17) is 0 Å². The summed E-state index contributed by atoms with van der Waals surface area (Å²) in [4.78, 5) is 0. The van der Waals surface area contributed by atoms with Crippen molar-refractivity contribution < 1.29 is 0 Å². The number of para-hydroxylation sites is 2. The van der Waals surface area contributed by atoms with Crippen LogP contribution in [0.15, 0.2) is 84.9 Å². The summed E-state index contributed by atoms with van der Waals surface area (Å²) in [6.45, 7) is 4.69. The minimum atomic E-state index is 0.0226. The maximum absolute atomic E-state index is 2.42. The Morgan fingerprint density at radius 1 is 0.621 bits per heavy atom. The molecule has 1 aliphatic carbocycles. The topological polar surface area (TPSA) is 4.93 Å². The SMILES string of the molecule is Cn1c2ccccc2c2cccc(-c3ccc4c(c3)C(C)(C)c3ccccc3-4)c21. The lowest BCUT2D eigenvalue weighted by molar-refractivity contribution is 0.660. The molecule has 1 aromatic heterocycles. The lowest BCUT2D eigenvalue weighted by atomic mass is 9.81. The number of rotatable bonds is 1. The first-order valence-electron chi connectivity index (χ1n) is 10.3. The third-order valence-electron chi connectivity index (χ3n) is 6.82. The van der Waals surface area contributed by atoms with Gasteiger partial charge in [0, 0.05) is 34.3 Å². The van der Waals surface area contributed by atoms with Gasteiger partial charge in [0.25, 0.3) is 0 Å². The zero-order valence-corrected chi connectivity index (χ0v) is 17.0. The lowest BCUT2D eigenvalue weighted by Crippen LogP contribution is -2.14. The van der Waals surface area contributed by atoms with Gasteiger partial charge < -0.3 is 4.57 Å². The van der Waals surface area contributed by atoms with E-state index in [0.717, 1.165) is 0 Å². The molecule has 0 saturated carbocycles. The van der Waals surface area contributed by atoms with Crippen molar-refractivity contribution in [1.82, 2.24) is 4.57 Å². The van der Waals surface area contributed by atoms with Crippen molar-refractivity contribution in [3.05, 3.63) is 96.1 Å². The minimum Gasteiger partial charge on any atom is -0.343 e. The van der Waals surface area contributed by atoms with E-state index in [1.165, 1.54) is 55.2 Å².